The molecule has 0 unspecified atom stereocenters. The van der Waals surface area contributed by atoms with Crippen molar-refractivity contribution in [2.24, 2.45) is 0 Å². The second-order valence-corrected chi connectivity index (χ2v) is 5.77. The molecular formula is C19H11ClN4O2. The molecule has 0 saturated heterocycles. The molecule has 1 aromatic heterocycles. The molecule has 0 fully saturated rings. The maximum atomic E-state index is 11.1. The minimum atomic E-state index is -0.263. The van der Waals surface area contributed by atoms with E-state index < -0.39 is 0 Å². The largest absolute Gasteiger partial charge is 0.455 e. The SMILES string of the molecule is [C-]#[N+]c1ccc(Oc2cc(Cc3ccc(=O)[nH]n3)ccc2Cl)c(C#N)c1. The summed E-state index contributed by atoms with van der Waals surface area (Å²) in [5, 5.41) is 16.0. The van der Waals surface area contributed by atoms with Crippen LogP contribution in [0.25, 0.3) is 4.85 Å². The molecule has 0 atom stereocenters. The monoisotopic (exact) mass is 362 g/mol. The number of nitriles is 1. The first kappa shape index (κ1) is 17.2. The van der Waals surface area contributed by atoms with E-state index in [-0.39, 0.29) is 11.1 Å². The van der Waals surface area contributed by atoms with Gasteiger partial charge in [-0.2, -0.15) is 10.4 Å². The number of hydrogen-bond acceptors (Lipinski definition) is 4. The Morgan fingerprint density at radius 2 is 2.04 bits per heavy atom. The molecular weight excluding hydrogens is 352 g/mol. The smallest absolute Gasteiger partial charge is 0.264 e. The molecule has 26 heavy (non-hydrogen) atoms. The second-order valence-electron chi connectivity index (χ2n) is 5.36. The Morgan fingerprint density at radius 1 is 1.19 bits per heavy atom. The average Bonchev–Trinajstić information content (AvgIpc) is 2.66. The van der Waals surface area contributed by atoms with Crippen LogP contribution in [0.3, 0.4) is 0 Å². The van der Waals surface area contributed by atoms with E-state index >= 15 is 0 Å². The van der Waals surface area contributed by atoms with Gasteiger partial charge in [-0.05, 0) is 35.9 Å². The van der Waals surface area contributed by atoms with Gasteiger partial charge in [0.05, 0.1) is 22.9 Å². The normalized spacial score (nSPS) is 9.96. The van der Waals surface area contributed by atoms with E-state index in [1.807, 2.05) is 12.1 Å². The molecule has 2 aromatic carbocycles. The number of H-pyrrole nitrogens is 1. The third kappa shape index (κ3) is 3.89. The van der Waals surface area contributed by atoms with Gasteiger partial charge < -0.3 is 4.74 Å². The zero-order valence-corrected chi connectivity index (χ0v) is 14.1. The highest BCUT2D eigenvalue weighted by Crippen LogP contribution is 2.33. The Hall–Kier alpha value is -3.61. The van der Waals surface area contributed by atoms with Crippen molar-refractivity contribution in [2.45, 2.75) is 6.42 Å². The highest BCUT2D eigenvalue weighted by Gasteiger charge is 2.10. The van der Waals surface area contributed by atoms with Crippen molar-refractivity contribution in [3.8, 4) is 17.6 Å². The average molecular weight is 363 g/mol. The number of nitrogens with one attached hydrogen (secondary N) is 1. The molecule has 0 bridgehead atoms. The Kier molecular flexibility index (Phi) is 4.98. The Balaban J connectivity index is 1.89. The molecule has 1 N–H and O–H groups in total. The van der Waals surface area contributed by atoms with Gasteiger partial charge in [0.2, 0.25) is 0 Å². The van der Waals surface area contributed by atoms with E-state index in [2.05, 4.69) is 15.0 Å². The lowest BCUT2D eigenvalue weighted by Gasteiger charge is -2.11. The van der Waals surface area contributed by atoms with Gasteiger partial charge in [0.25, 0.3) is 5.56 Å². The fraction of sp³-hybridized carbons (Fsp3) is 0.0526. The number of nitrogens with zero attached hydrogens (tertiary/aromatic N) is 3. The van der Waals surface area contributed by atoms with Crippen LogP contribution >= 0.6 is 11.6 Å². The Labute approximate surface area is 154 Å². The first-order valence-corrected chi connectivity index (χ1v) is 7.89. The fourth-order valence-electron chi connectivity index (χ4n) is 2.30. The van der Waals surface area contributed by atoms with Crippen LogP contribution < -0.4 is 10.3 Å². The molecule has 0 aliphatic heterocycles. The van der Waals surface area contributed by atoms with Crippen LogP contribution in [0.15, 0.2) is 53.3 Å². The topological polar surface area (TPSA) is 83.1 Å². The highest BCUT2D eigenvalue weighted by atomic mass is 35.5. The third-order valence-corrected chi connectivity index (χ3v) is 3.86. The lowest BCUT2D eigenvalue weighted by atomic mass is 10.1. The molecule has 3 aromatic rings. The summed E-state index contributed by atoms with van der Waals surface area (Å²) < 4.78 is 5.79. The van der Waals surface area contributed by atoms with Gasteiger partial charge in [-0.1, -0.05) is 23.7 Å². The van der Waals surface area contributed by atoms with Crippen LogP contribution in [-0.2, 0) is 6.42 Å². The molecule has 0 radical (unpaired) electrons. The molecule has 126 valence electrons. The minimum absolute atomic E-state index is 0.252. The molecule has 1 heterocycles. The summed E-state index contributed by atoms with van der Waals surface area (Å²) in [6, 6.07) is 14.9. The first-order valence-electron chi connectivity index (χ1n) is 7.51. The quantitative estimate of drug-likeness (QED) is 0.704. The van der Waals surface area contributed by atoms with Gasteiger partial charge in [0.1, 0.15) is 17.6 Å². The predicted octanol–water partition coefficient (Wildman–Crippen LogP) is 4.23. The summed E-state index contributed by atoms with van der Waals surface area (Å²) in [5.74, 6) is 0.710. The van der Waals surface area contributed by atoms with Crippen LogP contribution in [0.1, 0.15) is 16.8 Å². The minimum Gasteiger partial charge on any atom is -0.455 e. The summed E-state index contributed by atoms with van der Waals surface area (Å²) in [7, 11) is 0. The Bertz CT molecular complexity index is 1090. The Morgan fingerprint density at radius 3 is 2.73 bits per heavy atom. The zero-order valence-electron chi connectivity index (χ0n) is 13.4. The van der Waals surface area contributed by atoms with E-state index in [4.69, 9.17) is 22.9 Å². The molecule has 0 aliphatic rings. The summed E-state index contributed by atoms with van der Waals surface area (Å²) in [6.45, 7) is 7.01. The summed E-state index contributed by atoms with van der Waals surface area (Å²) >= 11 is 6.20. The van der Waals surface area contributed by atoms with Gasteiger partial charge in [0, 0.05) is 12.5 Å². The molecule has 0 spiro atoms. The van der Waals surface area contributed by atoms with Crippen LogP contribution in [0.2, 0.25) is 5.02 Å². The number of aromatic nitrogens is 2. The van der Waals surface area contributed by atoms with Gasteiger partial charge in [0.15, 0.2) is 5.69 Å². The van der Waals surface area contributed by atoms with E-state index in [0.717, 1.165) is 5.56 Å². The van der Waals surface area contributed by atoms with E-state index in [9.17, 15) is 10.1 Å². The van der Waals surface area contributed by atoms with E-state index in [1.54, 1.807) is 30.3 Å². The molecule has 0 amide bonds. The van der Waals surface area contributed by atoms with Gasteiger partial charge in [-0.15, -0.1) is 0 Å². The lowest BCUT2D eigenvalue weighted by Crippen LogP contribution is -2.07. The van der Waals surface area contributed by atoms with Gasteiger partial charge >= 0.3 is 0 Å². The molecule has 0 saturated carbocycles. The van der Waals surface area contributed by atoms with E-state index in [0.29, 0.717) is 34.3 Å². The van der Waals surface area contributed by atoms with Crippen molar-refractivity contribution >= 4 is 17.3 Å². The van der Waals surface area contributed by atoms with Crippen LogP contribution in [0.5, 0.6) is 11.5 Å². The number of hydrogen-bond donors (Lipinski definition) is 1. The van der Waals surface area contributed by atoms with Gasteiger partial charge in [-0.3, -0.25) is 4.79 Å². The van der Waals surface area contributed by atoms with Crippen molar-refractivity contribution < 1.29 is 4.74 Å². The third-order valence-electron chi connectivity index (χ3n) is 3.55. The lowest BCUT2D eigenvalue weighted by molar-refractivity contribution is 0.481. The van der Waals surface area contributed by atoms with Crippen molar-refractivity contribution in [1.82, 2.24) is 10.2 Å². The van der Waals surface area contributed by atoms with Crippen LogP contribution in [0.4, 0.5) is 5.69 Å². The molecule has 7 heteroatoms. The summed E-state index contributed by atoms with van der Waals surface area (Å²) in [5.41, 5.74) is 1.91. The van der Waals surface area contributed by atoms with Crippen molar-refractivity contribution in [2.75, 3.05) is 0 Å². The number of halogens is 1. The summed E-state index contributed by atoms with van der Waals surface area (Å²) in [4.78, 5) is 14.4. The molecule has 6 nitrogen and oxygen atoms in total. The maximum Gasteiger partial charge on any atom is 0.264 e. The number of benzene rings is 2. The molecule has 3 rings (SSSR count). The van der Waals surface area contributed by atoms with Crippen molar-refractivity contribution in [3.05, 3.63) is 92.1 Å². The number of aromatic amines is 1. The van der Waals surface area contributed by atoms with Crippen molar-refractivity contribution in [3.63, 3.8) is 0 Å². The summed E-state index contributed by atoms with van der Waals surface area (Å²) in [6.07, 6.45) is 0.478. The highest BCUT2D eigenvalue weighted by molar-refractivity contribution is 6.32. The molecule has 0 aliphatic carbocycles. The standard InChI is InChI=1S/C19H11ClN4O2/c1-22-14-3-6-17(13(10-14)11-21)26-18-9-12(2-5-16(18)20)8-15-4-7-19(25)24-23-15/h2-7,9-10H,8H2,(H,24,25). The first-order chi connectivity index (χ1) is 12.6. The van der Waals surface area contributed by atoms with Gasteiger partial charge in [-0.25, -0.2) is 9.94 Å². The van der Waals surface area contributed by atoms with E-state index in [1.165, 1.54) is 12.1 Å². The second kappa shape index (κ2) is 7.52. The predicted molar refractivity (Wildman–Crippen MR) is 96.6 cm³/mol. The fourth-order valence-corrected chi connectivity index (χ4v) is 2.46. The van der Waals surface area contributed by atoms with Crippen LogP contribution in [0, 0.1) is 17.9 Å². The number of ether oxygens (including phenoxy) is 1. The van der Waals surface area contributed by atoms with Crippen molar-refractivity contribution in [1.29, 1.82) is 5.26 Å². The maximum absolute atomic E-state index is 11.1. The van der Waals surface area contributed by atoms with Crippen LogP contribution in [-0.4, -0.2) is 10.2 Å². The zero-order chi connectivity index (χ0) is 18.5. The number of rotatable bonds is 4.